The minimum absolute atomic E-state index is 0.121. The molecule has 0 saturated carbocycles. The van der Waals surface area contributed by atoms with Crippen LogP contribution in [0.1, 0.15) is 44.7 Å². The van der Waals surface area contributed by atoms with Crippen LogP contribution in [0.4, 0.5) is 0 Å². The van der Waals surface area contributed by atoms with E-state index in [1.54, 1.807) is 6.20 Å². The molecule has 0 amide bonds. The summed E-state index contributed by atoms with van der Waals surface area (Å²) in [6.45, 7) is 4.60. The molecule has 88 valence electrons. The van der Waals surface area contributed by atoms with Gasteiger partial charge in [-0.15, -0.1) is 0 Å². The zero-order valence-electron chi connectivity index (χ0n) is 9.98. The Morgan fingerprint density at radius 3 is 2.94 bits per heavy atom. The fraction of sp³-hybridized carbons (Fsp3) is 0.538. The van der Waals surface area contributed by atoms with Crippen molar-refractivity contribution in [2.24, 2.45) is 0 Å². The molecular formula is C13H19NO2. The van der Waals surface area contributed by atoms with Crippen LogP contribution in [0.3, 0.4) is 0 Å². The Bertz CT molecular complexity index is 311. The molecule has 1 atom stereocenters. The SMILES string of the molecule is CCCCOC(=O)CC(C)c1ccccn1. The van der Waals surface area contributed by atoms with Gasteiger partial charge in [-0.3, -0.25) is 9.78 Å². The van der Waals surface area contributed by atoms with E-state index >= 15 is 0 Å². The third kappa shape index (κ3) is 4.43. The fourth-order valence-corrected chi connectivity index (χ4v) is 1.41. The van der Waals surface area contributed by atoms with Gasteiger partial charge in [0, 0.05) is 17.8 Å². The smallest absolute Gasteiger partial charge is 0.306 e. The van der Waals surface area contributed by atoms with Crippen molar-refractivity contribution in [2.45, 2.75) is 39.0 Å². The maximum Gasteiger partial charge on any atom is 0.306 e. The Hall–Kier alpha value is -1.38. The molecule has 0 aromatic carbocycles. The molecule has 1 aromatic heterocycles. The number of esters is 1. The van der Waals surface area contributed by atoms with Crippen molar-refractivity contribution >= 4 is 5.97 Å². The second kappa shape index (κ2) is 6.99. The predicted molar refractivity (Wildman–Crippen MR) is 63.1 cm³/mol. The first kappa shape index (κ1) is 12.7. The molecule has 0 aliphatic heterocycles. The highest BCUT2D eigenvalue weighted by atomic mass is 16.5. The van der Waals surface area contributed by atoms with Crippen molar-refractivity contribution in [2.75, 3.05) is 6.61 Å². The molecule has 1 unspecified atom stereocenters. The number of rotatable bonds is 6. The van der Waals surface area contributed by atoms with Crippen molar-refractivity contribution < 1.29 is 9.53 Å². The number of ether oxygens (including phenoxy) is 1. The van der Waals surface area contributed by atoms with Crippen LogP contribution in [0, 0.1) is 0 Å². The van der Waals surface area contributed by atoms with Gasteiger partial charge < -0.3 is 4.74 Å². The van der Waals surface area contributed by atoms with E-state index in [4.69, 9.17) is 4.74 Å². The second-order valence-corrected chi connectivity index (χ2v) is 3.93. The van der Waals surface area contributed by atoms with Gasteiger partial charge in [-0.25, -0.2) is 0 Å². The van der Waals surface area contributed by atoms with Crippen molar-refractivity contribution in [3.63, 3.8) is 0 Å². The topological polar surface area (TPSA) is 39.2 Å². The molecule has 1 heterocycles. The van der Waals surface area contributed by atoms with Crippen LogP contribution in [-0.4, -0.2) is 17.6 Å². The molecule has 0 fully saturated rings. The van der Waals surface area contributed by atoms with E-state index in [0.717, 1.165) is 18.5 Å². The number of aromatic nitrogens is 1. The van der Waals surface area contributed by atoms with Crippen LogP contribution in [-0.2, 0) is 9.53 Å². The quantitative estimate of drug-likeness (QED) is 0.547. The number of carbonyl (C=O) groups excluding carboxylic acids is 1. The molecule has 0 spiro atoms. The first-order valence-corrected chi connectivity index (χ1v) is 5.80. The minimum atomic E-state index is -0.133. The number of carbonyl (C=O) groups is 1. The summed E-state index contributed by atoms with van der Waals surface area (Å²) in [6.07, 6.45) is 4.13. The largest absolute Gasteiger partial charge is 0.466 e. The van der Waals surface area contributed by atoms with Gasteiger partial charge in [0.1, 0.15) is 0 Å². The molecule has 3 nitrogen and oxygen atoms in total. The van der Waals surface area contributed by atoms with Crippen LogP contribution in [0.25, 0.3) is 0 Å². The Morgan fingerprint density at radius 1 is 1.50 bits per heavy atom. The van der Waals surface area contributed by atoms with Gasteiger partial charge >= 0.3 is 5.97 Å². The van der Waals surface area contributed by atoms with Crippen molar-refractivity contribution in [3.05, 3.63) is 30.1 Å². The molecule has 0 bridgehead atoms. The summed E-state index contributed by atoms with van der Waals surface area (Å²) < 4.78 is 5.11. The lowest BCUT2D eigenvalue weighted by molar-refractivity contribution is -0.144. The number of unbranched alkanes of at least 4 members (excludes halogenated alkanes) is 1. The van der Waals surface area contributed by atoms with Crippen molar-refractivity contribution in [3.8, 4) is 0 Å². The number of hydrogen-bond donors (Lipinski definition) is 0. The van der Waals surface area contributed by atoms with E-state index in [1.807, 2.05) is 25.1 Å². The summed E-state index contributed by atoms with van der Waals surface area (Å²) >= 11 is 0. The lowest BCUT2D eigenvalue weighted by atomic mass is 10.0. The fourth-order valence-electron chi connectivity index (χ4n) is 1.41. The van der Waals surface area contributed by atoms with E-state index < -0.39 is 0 Å². The van der Waals surface area contributed by atoms with Crippen LogP contribution in [0.5, 0.6) is 0 Å². The highest BCUT2D eigenvalue weighted by Gasteiger charge is 2.12. The Morgan fingerprint density at radius 2 is 2.31 bits per heavy atom. The predicted octanol–water partition coefficient (Wildman–Crippen LogP) is 2.92. The Kier molecular flexibility index (Phi) is 5.54. The third-order valence-corrected chi connectivity index (χ3v) is 2.43. The Labute approximate surface area is 96.8 Å². The molecule has 0 aliphatic rings. The summed E-state index contributed by atoms with van der Waals surface area (Å²) in [7, 11) is 0. The highest BCUT2D eigenvalue weighted by Crippen LogP contribution is 2.16. The molecule has 0 saturated heterocycles. The molecule has 0 aliphatic carbocycles. The van der Waals surface area contributed by atoms with E-state index in [9.17, 15) is 4.79 Å². The van der Waals surface area contributed by atoms with Crippen molar-refractivity contribution in [1.82, 2.24) is 4.98 Å². The summed E-state index contributed by atoms with van der Waals surface area (Å²) in [5.74, 6) is -0.0121. The van der Waals surface area contributed by atoms with E-state index in [0.29, 0.717) is 13.0 Å². The maximum atomic E-state index is 11.5. The van der Waals surface area contributed by atoms with Gasteiger partial charge in [-0.05, 0) is 18.6 Å². The molecule has 1 aromatic rings. The van der Waals surface area contributed by atoms with Crippen LogP contribution >= 0.6 is 0 Å². The molecule has 0 N–H and O–H groups in total. The first-order chi connectivity index (χ1) is 7.74. The average Bonchev–Trinajstić information content (AvgIpc) is 2.30. The molecule has 1 rings (SSSR count). The van der Waals surface area contributed by atoms with Gasteiger partial charge in [0.2, 0.25) is 0 Å². The van der Waals surface area contributed by atoms with Gasteiger partial charge in [-0.2, -0.15) is 0 Å². The average molecular weight is 221 g/mol. The lowest BCUT2D eigenvalue weighted by Gasteiger charge is -2.10. The molecule has 0 radical (unpaired) electrons. The Balaban J connectivity index is 2.34. The summed E-state index contributed by atoms with van der Waals surface area (Å²) in [5, 5.41) is 0. The van der Waals surface area contributed by atoms with Crippen molar-refractivity contribution in [1.29, 1.82) is 0 Å². The van der Waals surface area contributed by atoms with Gasteiger partial charge in [0.25, 0.3) is 0 Å². The van der Waals surface area contributed by atoms with Crippen LogP contribution in [0.2, 0.25) is 0 Å². The van der Waals surface area contributed by atoms with E-state index in [-0.39, 0.29) is 11.9 Å². The highest BCUT2D eigenvalue weighted by molar-refractivity contribution is 5.70. The van der Waals surface area contributed by atoms with Crippen LogP contribution in [0.15, 0.2) is 24.4 Å². The molecule has 3 heteroatoms. The third-order valence-electron chi connectivity index (χ3n) is 2.43. The van der Waals surface area contributed by atoms with E-state index in [2.05, 4.69) is 11.9 Å². The van der Waals surface area contributed by atoms with Gasteiger partial charge in [0.05, 0.1) is 13.0 Å². The normalized spacial score (nSPS) is 12.1. The number of hydrogen-bond acceptors (Lipinski definition) is 3. The standard InChI is InChI=1S/C13H19NO2/c1-3-4-9-16-13(15)10-11(2)12-7-5-6-8-14-12/h5-8,11H,3-4,9-10H2,1-2H3. The summed E-state index contributed by atoms with van der Waals surface area (Å²) in [6, 6.07) is 5.74. The molecular weight excluding hydrogens is 202 g/mol. The zero-order chi connectivity index (χ0) is 11.8. The molecule has 16 heavy (non-hydrogen) atoms. The van der Waals surface area contributed by atoms with Crippen LogP contribution < -0.4 is 0 Å². The van der Waals surface area contributed by atoms with E-state index in [1.165, 1.54) is 0 Å². The zero-order valence-corrected chi connectivity index (χ0v) is 9.98. The number of pyridine rings is 1. The monoisotopic (exact) mass is 221 g/mol. The summed E-state index contributed by atoms with van der Waals surface area (Å²) in [4.78, 5) is 15.7. The first-order valence-electron chi connectivity index (χ1n) is 5.80. The number of nitrogens with zero attached hydrogens (tertiary/aromatic N) is 1. The van der Waals surface area contributed by atoms with Gasteiger partial charge in [-0.1, -0.05) is 26.3 Å². The van der Waals surface area contributed by atoms with Gasteiger partial charge in [0.15, 0.2) is 0 Å². The summed E-state index contributed by atoms with van der Waals surface area (Å²) in [5.41, 5.74) is 0.940. The second-order valence-electron chi connectivity index (χ2n) is 3.93. The maximum absolute atomic E-state index is 11.5. The minimum Gasteiger partial charge on any atom is -0.466 e. The lowest BCUT2D eigenvalue weighted by Crippen LogP contribution is -2.10.